The van der Waals surface area contributed by atoms with E-state index in [1.54, 1.807) is 6.08 Å². The molecule has 0 bridgehead atoms. The summed E-state index contributed by atoms with van der Waals surface area (Å²) in [4.78, 5) is 12.1. The summed E-state index contributed by atoms with van der Waals surface area (Å²) in [6, 6.07) is 15.2. The number of rotatable bonds is 5. The summed E-state index contributed by atoms with van der Waals surface area (Å²) < 4.78 is 10.9. The highest BCUT2D eigenvalue weighted by Crippen LogP contribution is 2.31. The lowest BCUT2D eigenvalue weighted by molar-refractivity contribution is -0.128. The number of para-hydroxylation sites is 1. The molecule has 3 nitrogen and oxygen atoms in total. The van der Waals surface area contributed by atoms with Gasteiger partial charge >= 0.3 is 5.97 Å². The summed E-state index contributed by atoms with van der Waals surface area (Å²) in [6.07, 6.45) is 3.17. The average Bonchev–Trinajstić information content (AvgIpc) is 2.54. The topological polar surface area (TPSA) is 35.5 Å². The smallest absolute Gasteiger partial charge is 0.336 e. The van der Waals surface area contributed by atoms with Gasteiger partial charge in [0.25, 0.3) is 0 Å². The second-order valence-corrected chi connectivity index (χ2v) is 6.50. The monoisotopic (exact) mass is 324 g/mol. The molecule has 0 fully saturated rings. The number of ether oxygens (including phenoxy) is 2. The third-order valence-electron chi connectivity index (χ3n) is 3.51. The predicted molar refractivity (Wildman–Crippen MR) is 97.4 cm³/mol. The highest BCUT2D eigenvalue weighted by atomic mass is 16.5. The second-order valence-electron chi connectivity index (χ2n) is 6.50. The van der Waals surface area contributed by atoms with Crippen LogP contribution in [0, 0.1) is 0 Å². The molecular formula is C21H24O3. The van der Waals surface area contributed by atoms with Crippen molar-refractivity contribution in [1.82, 2.24) is 0 Å². The lowest BCUT2D eigenvalue weighted by atomic mass is 9.86. The minimum absolute atomic E-state index is 0.0876. The van der Waals surface area contributed by atoms with Crippen LogP contribution in [0.15, 0.2) is 54.6 Å². The SMILES string of the molecule is CCOc1ccc(C=CC(=O)Oc2ccccc2C(C)(C)C)cc1. The fraction of sp³-hybridized carbons (Fsp3) is 0.286. The van der Waals surface area contributed by atoms with Crippen LogP contribution in [0.3, 0.4) is 0 Å². The highest BCUT2D eigenvalue weighted by Gasteiger charge is 2.19. The molecule has 0 saturated carbocycles. The summed E-state index contributed by atoms with van der Waals surface area (Å²) in [6.45, 7) is 8.86. The van der Waals surface area contributed by atoms with Crippen LogP contribution in [0.4, 0.5) is 0 Å². The van der Waals surface area contributed by atoms with Gasteiger partial charge in [0, 0.05) is 11.6 Å². The van der Waals surface area contributed by atoms with E-state index in [0.29, 0.717) is 12.4 Å². The highest BCUT2D eigenvalue weighted by molar-refractivity contribution is 5.88. The van der Waals surface area contributed by atoms with Gasteiger partial charge in [-0.25, -0.2) is 4.79 Å². The summed E-state index contributed by atoms with van der Waals surface area (Å²) in [7, 11) is 0. The van der Waals surface area contributed by atoms with Crippen LogP contribution >= 0.6 is 0 Å². The van der Waals surface area contributed by atoms with Gasteiger partial charge in [-0.1, -0.05) is 51.1 Å². The first-order valence-corrected chi connectivity index (χ1v) is 8.12. The van der Waals surface area contributed by atoms with Gasteiger partial charge < -0.3 is 9.47 Å². The van der Waals surface area contributed by atoms with Crippen molar-refractivity contribution in [2.75, 3.05) is 6.61 Å². The largest absolute Gasteiger partial charge is 0.494 e. The van der Waals surface area contributed by atoms with Crippen molar-refractivity contribution in [1.29, 1.82) is 0 Å². The number of hydrogen-bond acceptors (Lipinski definition) is 3. The molecule has 0 spiro atoms. The molecule has 0 atom stereocenters. The minimum Gasteiger partial charge on any atom is -0.494 e. The van der Waals surface area contributed by atoms with Crippen LogP contribution in [0.2, 0.25) is 0 Å². The molecule has 0 heterocycles. The van der Waals surface area contributed by atoms with Crippen molar-refractivity contribution in [2.45, 2.75) is 33.1 Å². The van der Waals surface area contributed by atoms with E-state index in [1.807, 2.05) is 55.5 Å². The fourth-order valence-corrected chi connectivity index (χ4v) is 2.32. The molecule has 2 aromatic rings. The van der Waals surface area contributed by atoms with E-state index in [0.717, 1.165) is 16.9 Å². The quantitative estimate of drug-likeness (QED) is 0.441. The molecular weight excluding hydrogens is 300 g/mol. The van der Waals surface area contributed by atoms with Gasteiger partial charge in [-0.05, 0) is 42.2 Å². The van der Waals surface area contributed by atoms with E-state index < -0.39 is 0 Å². The number of carbonyl (C=O) groups excluding carboxylic acids is 1. The van der Waals surface area contributed by atoms with Crippen molar-refractivity contribution in [3.05, 3.63) is 65.7 Å². The first-order chi connectivity index (χ1) is 11.4. The summed E-state index contributed by atoms with van der Waals surface area (Å²) >= 11 is 0. The van der Waals surface area contributed by atoms with Gasteiger partial charge in [0.15, 0.2) is 0 Å². The van der Waals surface area contributed by atoms with Crippen LogP contribution in [0.5, 0.6) is 11.5 Å². The molecule has 0 aliphatic rings. The molecule has 0 unspecified atom stereocenters. The zero-order chi connectivity index (χ0) is 17.6. The van der Waals surface area contributed by atoms with Crippen molar-refractivity contribution < 1.29 is 14.3 Å². The van der Waals surface area contributed by atoms with Crippen molar-refractivity contribution in [3.8, 4) is 11.5 Å². The Balaban J connectivity index is 2.06. The van der Waals surface area contributed by atoms with E-state index in [2.05, 4.69) is 20.8 Å². The molecule has 3 heteroatoms. The Kier molecular flexibility index (Phi) is 5.80. The van der Waals surface area contributed by atoms with Gasteiger partial charge in [0.1, 0.15) is 11.5 Å². The maximum atomic E-state index is 12.1. The van der Waals surface area contributed by atoms with E-state index in [9.17, 15) is 4.79 Å². The maximum absolute atomic E-state index is 12.1. The van der Waals surface area contributed by atoms with Gasteiger partial charge in [-0.2, -0.15) is 0 Å². The Morgan fingerprint density at radius 3 is 2.33 bits per heavy atom. The molecule has 2 rings (SSSR count). The zero-order valence-corrected chi connectivity index (χ0v) is 14.7. The van der Waals surface area contributed by atoms with Gasteiger partial charge in [-0.15, -0.1) is 0 Å². The van der Waals surface area contributed by atoms with Crippen LogP contribution in [0.25, 0.3) is 6.08 Å². The third-order valence-corrected chi connectivity index (χ3v) is 3.51. The number of esters is 1. The molecule has 126 valence electrons. The molecule has 0 aromatic heterocycles. The standard InChI is InChI=1S/C21H24O3/c1-5-23-17-13-10-16(11-14-17)12-15-20(22)24-19-9-7-6-8-18(19)21(2,3)4/h6-15H,5H2,1-4H3. The van der Waals surface area contributed by atoms with Crippen molar-refractivity contribution in [3.63, 3.8) is 0 Å². The Morgan fingerprint density at radius 1 is 1.04 bits per heavy atom. The molecule has 2 aromatic carbocycles. The van der Waals surface area contributed by atoms with Crippen LogP contribution < -0.4 is 9.47 Å². The van der Waals surface area contributed by atoms with Gasteiger partial charge in [-0.3, -0.25) is 0 Å². The number of carbonyl (C=O) groups is 1. The summed E-state index contributed by atoms with van der Waals surface area (Å²) in [5.41, 5.74) is 1.84. The number of benzene rings is 2. The van der Waals surface area contributed by atoms with Gasteiger partial charge in [0.05, 0.1) is 6.61 Å². The van der Waals surface area contributed by atoms with Gasteiger partial charge in [0.2, 0.25) is 0 Å². The minimum atomic E-state index is -0.388. The molecule has 24 heavy (non-hydrogen) atoms. The van der Waals surface area contributed by atoms with Crippen molar-refractivity contribution in [2.24, 2.45) is 0 Å². The van der Waals surface area contributed by atoms with Crippen molar-refractivity contribution >= 4 is 12.0 Å². The molecule has 0 radical (unpaired) electrons. The first-order valence-electron chi connectivity index (χ1n) is 8.12. The Hall–Kier alpha value is -2.55. The summed E-state index contributed by atoms with van der Waals surface area (Å²) in [5.74, 6) is 1.03. The normalized spacial score (nSPS) is 11.5. The van der Waals surface area contributed by atoms with Crippen LogP contribution in [-0.4, -0.2) is 12.6 Å². The summed E-state index contributed by atoms with van der Waals surface area (Å²) in [5, 5.41) is 0. The maximum Gasteiger partial charge on any atom is 0.336 e. The molecule has 0 aliphatic heterocycles. The average molecular weight is 324 g/mol. The molecule has 0 aliphatic carbocycles. The van der Waals surface area contributed by atoms with E-state index in [1.165, 1.54) is 6.08 Å². The lowest BCUT2D eigenvalue weighted by Crippen LogP contribution is -2.15. The molecule has 0 N–H and O–H groups in total. The zero-order valence-electron chi connectivity index (χ0n) is 14.7. The molecule has 0 amide bonds. The van der Waals surface area contributed by atoms with E-state index in [-0.39, 0.29) is 11.4 Å². The van der Waals surface area contributed by atoms with Crippen LogP contribution in [0.1, 0.15) is 38.8 Å². The van der Waals surface area contributed by atoms with E-state index in [4.69, 9.17) is 9.47 Å². The Labute approximate surface area is 143 Å². The predicted octanol–water partition coefficient (Wildman–Crippen LogP) is 5.00. The second kappa shape index (κ2) is 7.82. The Bertz CT molecular complexity index is 707. The lowest BCUT2D eigenvalue weighted by Gasteiger charge is -2.21. The Morgan fingerprint density at radius 2 is 1.71 bits per heavy atom. The third kappa shape index (κ3) is 4.98. The number of hydrogen-bond donors (Lipinski definition) is 0. The van der Waals surface area contributed by atoms with E-state index >= 15 is 0 Å². The first kappa shape index (κ1) is 17.8. The fourth-order valence-electron chi connectivity index (χ4n) is 2.32. The molecule has 0 saturated heterocycles. The van der Waals surface area contributed by atoms with Crippen LogP contribution in [-0.2, 0) is 10.2 Å².